The smallest absolute Gasteiger partial charge is 0.293 e. The van der Waals surface area contributed by atoms with Crippen LogP contribution in [-0.4, -0.2) is 31.3 Å². The van der Waals surface area contributed by atoms with E-state index in [1.807, 2.05) is 0 Å². The lowest BCUT2D eigenvalue weighted by atomic mass is 10.1. The second-order valence-corrected chi connectivity index (χ2v) is 7.59. The van der Waals surface area contributed by atoms with Crippen LogP contribution in [0, 0.1) is 5.82 Å². The first-order valence-corrected chi connectivity index (χ1v) is 10.3. The molecule has 32 heavy (non-hydrogen) atoms. The number of hydrogen-bond acceptors (Lipinski definition) is 5. The summed E-state index contributed by atoms with van der Waals surface area (Å²) in [5.74, 6) is -0.513. The van der Waals surface area contributed by atoms with Gasteiger partial charge in [0.2, 0.25) is 0 Å². The molecule has 4 aromatic rings. The van der Waals surface area contributed by atoms with Crippen molar-refractivity contribution in [3.05, 3.63) is 90.0 Å². The highest BCUT2D eigenvalue weighted by molar-refractivity contribution is 7.99. The Morgan fingerprint density at radius 2 is 1.78 bits per heavy atom. The summed E-state index contributed by atoms with van der Waals surface area (Å²) in [5.41, 5.74) is 0.241. The monoisotopic (exact) mass is 458 g/mol. The summed E-state index contributed by atoms with van der Waals surface area (Å²) in [6.07, 6.45) is -1.44. The standard InChI is InChI=1S/C22H14F4N4OS/c23-17-8-6-14(7-9-17)19(31)13-32-21-29-28-20(15-3-2-10-27-12-15)30(21)18-5-1-4-16(11-18)22(24,25)26/h1-12H,13H2. The Morgan fingerprint density at radius 1 is 1.00 bits per heavy atom. The molecule has 0 spiro atoms. The van der Waals surface area contributed by atoms with Crippen molar-refractivity contribution in [1.82, 2.24) is 19.7 Å². The Morgan fingerprint density at radius 3 is 2.47 bits per heavy atom. The number of nitrogens with zero attached hydrogens (tertiary/aromatic N) is 4. The molecule has 2 heterocycles. The Kier molecular flexibility index (Phi) is 6.04. The summed E-state index contributed by atoms with van der Waals surface area (Å²) in [6, 6.07) is 13.3. The number of ketones is 1. The van der Waals surface area contributed by atoms with Crippen molar-refractivity contribution in [2.24, 2.45) is 0 Å². The number of aromatic nitrogens is 4. The largest absolute Gasteiger partial charge is 0.416 e. The summed E-state index contributed by atoms with van der Waals surface area (Å²) >= 11 is 1.02. The van der Waals surface area contributed by atoms with Crippen LogP contribution in [0.25, 0.3) is 17.1 Å². The predicted octanol–water partition coefficient (Wildman–Crippen LogP) is 5.46. The van der Waals surface area contributed by atoms with E-state index in [1.54, 1.807) is 18.3 Å². The topological polar surface area (TPSA) is 60.7 Å². The number of carbonyl (C=O) groups excluding carboxylic acids is 1. The first kappa shape index (κ1) is 21.7. The fourth-order valence-electron chi connectivity index (χ4n) is 2.95. The number of benzene rings is 2. The van der Waals surface area contributed by atoms with Crippen LogP contribution < -0.4 is 0 Å². The van der Waals surface area contributed by atoms with Crippen molar-refractivity contribution >= 4 is 17.5 Å². The molecule has 0 aliphatic carbocycles. The summed E-state index contributed by atoms with van der Waals surface area (Å²) in [5, 5.41) is 8.46. The Balaban J connectivity index is 1.71. The summed E-state index contributed by atoms with van der Waals surface area (Å²) in [6.45, 7) is 0. The van der Waals surface area contributed by atoms with Crippen molar-refractivity contribution < 1.29 is 22.4 Å². The maximum Gasteiger partial charge on any atom is 0.416 e. The van der Waals surface area contributed by atoms with Crippen molar-refractivity contribution in [3.8, 4) is 17.1 Å². The van der Waals surface area contributed by atoms with E-state index in [0.29, 0.717) is 11.1 Å². The molecule has 0 aliphatic rings. The van der Waals surface area contributed by atoms with E-state index in [2.05, 4.69) is 15.2 Å². The van der Waals surface area contributed by atoms with Gasteiger partial charge < -0.3 is 0 Å². The second-order valence-electron chi connectivity index (χ2n) is 6.65. The molecule has 162 valence electrons. The molecule has 10 heteroatoms. The SMILES string of the molecule is O=C(CSc1nnc(-c2cccnc2)n1-c1cccc(C(F)(F)F)c1)c1ccc(F)cc1. The first-order chi connectivity index (χ1) is 15.3. The average molecular weight is 458 g/mol. The van der Waals surface area contributed by atoms with Crippen LogP contribution in [0.15, 0.2) is 78.2 Å². The zero-order valence-electron chi connectivity index (χ0n) is 16.3. The third kappa shape index (κ3) is 4.70. The predicted molar refractivity (Wildman–Crippen MR) is 111 cm³/mol. The van der Waals surface area contributed by atoms with Crippen LogP contribution in [0.3, 0.4) is 0 Å². The molecule has 0 unspecified atom stereocenters. The van der Waals surface area contributed by atoms with Gasteiger partial charge in [0.15, 0.2) is 16.8 Å². The molecule has 2 aromatic heterocycles. The number of carbonyl (C=O) groups is 1. The third-order valence-corrected chi connectivity index (χ3v) is 5.41. The maximum atomic E-state index is 13.3. The van der Waals surface area contributed by atoms with Crippen molar-refractivity contribution in [2.45, 2.75) is 11.3 Å². The minimum absolute atomic E-state index is 0.0598. The van der Waals surface area contributed by atoms with Gasteiger partial charge >= 0.3 is 6.18 Å². The highest BCUT2D eigenvalue weighted by atomic mass is 32.2. The van der Waals surface area contributed by atoms with Gasteiger partial charge in [0.1, 0.15) is 5.82 Å². The number of pyridine rings is 1. The van der Waals surface area contributed by atoms with Gasteiger partial charge in [0, 0.05) is 23.5 Å². The van der Waals surface area contributed by atoms with E-state index < -0.39 is 17.6 Å². The minimum atomic E-state index is -4.52. The van der Waals surface area contributed by atoms with Crippen LogP contribution in [0.1, 0.15) is 15.9 Å². The number of hydrogen-bond donors (Lipinski definition) is 0. The molecule has 0 aliphatic heterocycles. The van der Waals surface area contributed by atoms with Crippen molar-refractivity contribution in [2.75, 3.05) is 5.75 Å². The van der Waals surface area contributed by atoms with Crippen LogP contribution in [0.2, 0.25) is 0 Å². The number of alkyl halides is 3. The van der Waals surface area contributed by atoms with Gasteiger partial charge in [0.25, 0.3) is 0 Å². The summed E-state index contributed by atoms with van der Waals surface area (Å²) in [7, 11) is 0. The van der Waals surface area contributed by atoms with Gasteiger partial charge in [-0.2, -0.15) is 13.2 Å². The lowest BCUT2D eigenvalue weighted by molar-refractivity contribution is -0.137. The van der Waals surface area contributed by atoms with E-state index in [0.717, 1.165) is 23.9 Å². The molecular formula is C22H14F4N4OS. The van der Waals surface area contributed by atoms with Gasteiger partial charge in [0.05, 0.1) is 17.0 Å². The van der Waals surface area contributed by atoms with Crippen LogP contribution in [0.4, 0.5) is 17.6 Å². The molecule has 0 N–H and O–H groups in total. The van der Waals surface area contributed by atoms with E-state index >= 15 is 0 Å². The van der Waals surface area contributed by atoms with E-state index in [4.69, 9.17) is 0 Å². The first-order valence-electron chi connectivity index (χ1n) is 9.28. The van der Waals surface area contributed by atoms with Gasteiger partial charge in [-0.15, -0.1) is 10.2 Å². The molecule has 0 atom stereocenters. The molecule has 0 fully saturated rings. The Bertz CT molecular complexity index is 1240. The fraction of sp³-hybridized carbons (Fsp3) is 0.0909. The molecule has 2 aromatic carbocycles. The molecule has 0 bridgehead atoms. The van der Waals surface area contributed by atoms with E-state index in [1.165, 1.54) is 47.2 Å². The highest BCUT2D eigenvalue weighted by Crippen LogP contribution is 2.33. The van der Waals surface area contributed by atoms with E-state index in [9.17, 15) is 22.4 Å². The maximum absolute atomic E-state index is 13.3. The van der Waals surface area contributed by atoms with Crippen LogP contribution in [0.5, 0.6) is 0 Å². The van der Waals surface area contributed by atoms with Gasteiger partial charge in [-0.1, -0.05) is 17.8 Å². The van der Waals surface area contributed by atoms with Gasteiger partial charge in [-0.05, 0) is 54.6 Å². The minimum Gasteiger partial charge on any atom is -0.293 e. The lowest BCUT2D eigenvalue weighted by Gasteiger charge is -2.13. The molecule has 0 saturated carbocycles. The van der Waals surface area contributed by atoms with E-state index in [-0.39, 0.29) is 28.2 Å². The number of rotatable bonds is 6. The average Bonchev–Trinajstić information content (AvgIpc) is 3.22. The number of Topliss-reactive ketones (excluding diaryl/α,β-unsaturated/α-hetero) is 1. The van der Waals surface area contributed by atoms with Crippen LogP contribution in [-0.2, 0) is 6.18 Å². The number of halogens is 4. The quantitative estimate of drug-likeness (QED) is 0.218. The van der Waals surface area contributed by atoms with Gasteiger partial charge in [-0.25, -0.2) is 4.39 Å². The second kappa shape index (κ2) is 8.91. The molecule has 0 radical (unpaired) electrons. The molecule has 0 amide bonds. The highest BCUT2D eigenvalue weighted by Gasteiger charge is 2.31. The summed E-state index contributed by atoms with van der Waals surface area (Å²) in [4.78, 5) is 16.5. The Hall–Kier alpha value is -3.53. The van der Waals surface area contributed by atoms with Crippen LogP contribution >= 0.6 is 11.8 Å². The molecule has 5 nitrogen and oxygen atoms in total. The number of thioether (sulfide) groups is 1. The fourth-order valence-corrected chi connectivity index (χ4v) is 3.80. The summed E-state index contributed by atoms with van der Waals surface area (Å²) < 4.78 is 54.4. The molecule has 4 rings (SSSR count). The zero-order valence-corrected chi connectivity index (χ0v) is 17.1. The third-order valence-electron chi connectivity index (χ3n) is 4.48. The van der Waals surface area contributed by atoms with Gasteiger partial charge in [-0.3, -0.25) is 14.3 Å². The van der Waals surface area contributed by atoms with Crippen molar-refractivity contribution in [3.63, 3.8) is 0 Å². The Labute approximate surface area is 184 Å². The molecular weight excluding hydrogens is 444 g/mol. The van der Waals surface area contributed by atoms with Crippen molar-refractivity contribution in [1.29, 1.82) is 0 Å². The zero-order chi connectivity index (χ0) is 22.7. The normalized spacial score (nSPS) is 11.5. The molecule has 0 saturated heterocycles. The lowest BCUT2D eigenvalue weighted by Crippen LogP contribution is -2.08.